The highest BCUT2D eigenvalue weighted by Gasteiger charge is 2.73. The number of benzene rings is 2. The molecule has 0 saturated heterocycles. The van der Waals surface area contributed by atoms with Crippen LogP contribution in [-0.4, -0.2) is 20.8 Å². The number of nitro benzene ring substituents is 1. The monoisotopic (exact) mass is 498 g/mol. The van der Waals surface area contributed by atoms with E-state index in [1.165, 1.54) is 6.07 Å². The molecule has 5 rings (SSSR count). The molecule has 2 atom stereocenters. The van der Waals surface area contributed by atoms with Gasteiger partial charge in [-0.2, -0.15) is 0 Å². The summed E-state index contributed by atoms with van der Waals surface area (Å²) in [5.41, 5.74) is 2.34. The number of nitrogens with one attached hydrogen (secondary N) is 1. The molecule has 2 aliphatic rings. The number of rotatable bonds is 3. The van der Waals surface area contributed by atoms with E-state index >= 15 is 0 Å². The van der Waals surface area contributed by atoms with Crippen LogP contribution in [0.1, 0.15) is 56.1 Å². The molecule has 2 aromatic carbocycles. The van der Waals surface area contributed by atoms with E-state index in [-0.39, 0.29) is 17.3 Å². The average Bonchev–Trinajstić information content (AvgIpc) is 3.05. The van der Waals surface area contributed by atoms with Crippen LogP contribution in [0.25, 0.3) is 11.0 Å². The molecular formula is C25H24Cl2N4O3. The second-order valence-electron chi connectivity index (χ2n) is 10.2. The summed E-state index contributed by atoms with van der Waals surface area (Å²) in [6.07, 6.45) is 1.31. The smallest absolute Gasteiger partial charge is 0.293 e. The molecule has 1 heterocycles. The van der Waals surface area contributed by atoms with Gasteiger partial charge in [-0.15, -0.1) is 0 Å². The van der Waals surface area contributed by atoms with E-state index in [1.54, 1.807) is 18.2 Å². The minimum absolute atomic E-state index is 0.129. The zero-order valence-electron chi connectivity index (χ0n) is 19.5. The molecule has 0 radical (unpaired) electrons. The average molecular weight is 499 g/mol. The summed E-state index contributed by atoms with van der Waals surface area (Å²) in [6.45, 7) is 9.90. The summed E-state index contributed by atoms with van der Waals surface area (Å²) in [7, 11) is 0. The van der Waals surface area contributed by atoms with Crippen molar-refractivity contribution in [3.8, 4) is 0 Å². The standard InChI is InChI=1S/C25H24Cl2N4O3/c1-12-8-18(19(31(33)34)9-13(12)2)30-22(32)25-7-6-24(5,23(25,3)4)20-21(25)29-17-11-15(27)14(26)10-16(17)28-20/h8-11H,6-7H2,1-5H3,(H,30,32). The Bertz CT molecular complexity index is 1440. The van der Waals surface area contributed by atoms with Crippen molar-refractivity contribution in [3.05, 3.63) is 66.9 Å². The second-order valence-corrected chi connectivity index (χ2v) is 11.0. The van der Waals surface area contributed by atoms with Gasteiger partial charge in [0.25, 0.3) is 5.69 Å². The Morgan fingerprint density at radius 2 is 1.53 bits per heavy atom. The van der Waals surface area contributed by atoms with Gasteiger partial charge in [-0.1, -0.05) is 44.0 Å². The zero-order valence-corrected chi connectivity index (χ0v) is 21.1. The largest absolute Gasteiger partial charge is 0.320 e. The van der Waals surface area contributed by atoms with Crippen LogP contribution in [0.3, 0.4) is 0 Å². The lowest BCUT2D eigenvalue weighted by Crippen LogP contribution is -2.48. The Hall–Kier alpha value is -2.77. The molecule has 1 N–H and O–H groups in total. The first kappa shape index (κ1) is 23.0. The normalized spacial score (nSPS) is 24.3. The highest BCUT2D eigenvalue weighted by Crippen LogP contribution is 2.70. The summed E-state index contributed by atoms with van der Waals surface area (Å²) >= 11 is 12.5. The fourth-order valence-electron chi connectivity index (χ4n) is 5.88. The lowest BCUT2D eigenvalue weighted by molar-refractivity contribution is -0.384. The molecule has 7 nitrogen and oxygen atoms in total. The third-order valence-corrected chi connectivity index (χ3v) is 9.25. The number of aromatic nitrogens is 2. The molecule has 2 aliphatic carbocycles. The van der Waals surface area contributed by atoms with Crippen molar-refractivity contribution < 1.29 is 9.72 Å². The van der Waals surface area contributed by atoms with E-state index < -0.39 is 21.2 Å². The van der Waals surface area contributed by atoms with Gasteiger partial charge in [0.05, 0.1) is 42.8 Å². The van der Waals surface area contributed by atoms with Gasteiger partial charge < -0.3 is 5.32 Å². The van der Waals surface area contributed by atoms with Crippen LogP contribution in [0.5, 0.6) is 0 Å². The van der Waals surface area contributed by atoms with Crippen LogP contribution in [0, 0.1) is 29.4 Å². The van der Waals surface area contributed by atoms with Crippen molar-refractivity contribution in [2.75, 3.05) is 5.32 Å². The van der Waals surface area contributed by atoms with Crippen LogP contribution >= 0.6 is 23.2 Å². The lowest BCUT2D eigenvalue weighted by Gasteiger charge is -2.39. The Morgan fingerprint density at radius 1 is 0.971 bits per heavy atom. The predicted octanol–water partition coefficient (Wildman–Crippen LogP) is 6.43. The summed E-state index contributed by atoms with van der Waals surface area (Å²) in [4.78, 5) is 35.2. The summed E-state index contributed by atoms with van der Waals surface area (Å²) in [6, 6.07) is 6.51. The van der Waals surface area contributed by atoms with Crippen LogP contribution in [-0.2, 0) is 15.6 Å². The van der Waals surface area contributed by atoms with E-state index in [0.717, 1.165) is 23.2 Å². The molecule has 3 aromatic rings. The first-order valence-electron chi connectivity index (χ1n) is 11.1. The molecule has 0 aliphatic heterocycles. The van der Waals surface area contributed by atoms with Crippen LogP contribution < -0.4 is 5.32 Å². The van der Waals surface area contributed by atoms with Gasteiger partial charge in [0.15, 0.2) is 0 Å². The van der Waals surface area contributed by atoms with Crippen LogP contribution in [0.2, 0.25) is 10.0 Å². The van der Waals surface area contributed by atoms with Crippen molar-refractivity contribution in [2.24, 2.45) is 5.41 Å². The van der Waals surface area contributed by atoms with E-state index in [1.807, 2.05) is 13.8 Å². The molecule has 0 spiro atoms. The summed E-state index contributed by atoms with van der Waals surface area (Å²) in [5.74, 6) is -0.306. The van der Waals surface area contributed by atoms with Crippen molar-refractivity contribution in [3.63, 3.8) is 0 Å². The molecule has 2 bridgehead atoms. The van der Waals surface area contributed by atoms with Gasteiger partial charge in [0.2, 0.25) is 5.91 Å². The van der Waals surface area contributed by atoms with Crippen LogP contribution in [0.15, 0.2) is 24.3 Å². The first-order chi connectivity index (χ1) is 15.8. The van der Waals surface area contributed by atoms with Gasteiger partial charge >= 0.3 is 0 Å². The SMILES string of the molecule is Cc1cc(NC(=O)C23CCC(C)(c4nc5cc(Cl)c(Cl)cc5nc42)C3(C)C)c([N+](=O)[O-])cc1C. The maximum atomic E-state index is 14.1. The Morgan fingerprint density at radius 3 is 2.12 bits per heavy atom. The van der Waals surface area contributed by atoms with Crippen LogP contribution in [0.4, 0.5) is 11.4 Å². The first-order valence-corrected chi connectivity index (χ1v) is 11.8. The third kappa shape index (κ3) is 2.74. The van der Waals surface area contributed by atoms with Crippen molar-refractivity contribution in [1.82, 2.24) is 9.97 Å². The fourth-order valence-corrected chi connectivity index (χ4v) is 6.20. The number of carbonyl (C=O) groups excluding carboxylic acids is 1. The van der Waals surface area contributed by atoms with E-state index in [9.17, 15) is 14.9 Å². The van der Waals surface area contributed by atoms with Gasteiger partial charge in [-0.25, -0.2) is 9.97 Å². The molecule has 176 valence electrons. The van der Waals surface area contributed by atoms with Gasteiger partial charge in [0, 0.05) is 11.5 Å². The van der Waals surface area contributed by atoms with E-state index in [0.29, 0.717) is 33.2 Å². The number of aryl methyl sites for hydroxylation is 2. The number of nitro groups is 1. The minimum atomic E-state index is -1.00. The fraction of sp³-hybridized carbons (Fsp3) is 0.400. The van der Waals surface area contributed by atoms with Gasteiger partial charge in [-0.3, -0.25) is 14.9 Å². The predicted molar refractivity (Wildman–Crippen MR) is 133 cm³/mol. The van der Waals surface area contributed by atoms with Crippen molar-refractivity contribution in [1.29, 1.82) is 0 Å². The number of anilines is 1. The number of halogens is 2. The quantitative estimate of drug-likeness (QED) is 0.331. The molecule has 9 heteroatoms. The van der Waals surface area contributed by atoms with Crippen molar-refractivity contribution in [2.45, 2.75) is 58.3 Å². The molecule has 1 amide bonds. The number of hydrogen-bond donors (Lipinski definition) is 1. The number of hydrogen-bond acceptors (Lipinski definition) is 5. The molecule has 2 unspecified atom stereocenters. The van der Waals surface area contributed by atoms with E-state index in [2.05, 4.69) is 26.1 Å². The molecular weight excluding hydrogens is 475 g/mol. The molecule has 1 saturated carbocycles. The van der Waals surface area contributed by atoms with Crippen molar-refractivity contribution >= 4 is 51.5 Å². The topological polar surface area (TPSA) is 98.0 Å². The second kappa shape index (κ2) is 7.12. The third-order valence-electron chi connectivity index (χ3n) is 8.52. The van der Waals surface area contributed by atoms with E-state index in [4.69, 9.17) is 33.2 Å². The zero-order chi connectivity index (χ0) is 24.8. The van der Waals surface area contributed by atoms with Gasteiger partial charge in [-0.05, 0) is 61.4 Å². The maximum Gasteiger partial charge on any atom is 0.293 e. The Labute approximate surface area is 207 Å². The lowest BCUT2D eigenvalue weighted by atomic mass is 9.63. The highest BCUT2D eigenvalue weighted by molar-refractivity contribution is 6.42. The molecule has 1 aromatic heterocycles. The molecule has 34 heavy (non-hydrogen) atoms. The highest BCUT2D eigenvalue weighted by atomic mass is 35.5. The minimum Gasteiger partial charge on any atom is -0.320 e. The number of amides is 1. The summed E-state index contributed by atoms with van der Waals surface area (Å²) in [5, 5.41) is 15.4. The number of carbonyl (C=O) groups is 1. The van der Waals surface area contributed by atoms with Gasteiger partial charge in [0.1, 0.15) is 5.69 Å². The number of fused-ring (bicyclic) bond motifs is 6. The Balaban J connectivity index is 1.70. The number of nitrogens with zero attached hydrogens (tertiary/aromatic N) is 3. The molecule has 1 fully saturated rings. The Kier molecular flexibility index (Phi) is 4.82. The summed E-state index contributed by atoms with van der Waals surface area (Å²) < 4.78 is 0. The maximum absolute atomic E-state index is 14.1.